The van der Waals surface area contributed by atoms with Crippen LogP contribution in [0.3, 0.4) is 0 Å². The Labute approximate surface area is 88.0 Å². The minimum Gasteiger partial charge on any atom is -0.493 e. The fourth-order valence-electron chi connectivity index (χ4n) is 1.82. The first-order chi connectivity index (χ1) is 7.24. The molecule has 0 aromatic heterocycles. The van der Waals surface area contributed by atoms with Crippen LogP contribution < -0.4 is 0 Å². The summed E-state index contributed by atoms with van der Waals surface area (Å²) in [5, 5.41) is 9.74. The average molecular weight is 204 g/mol. The van der Waals surface area contributed by atoms with Crippen LogP contribution >= 0.6 is 0 Å². The molecule has 78 valence electrons. The van der Waals surface area contributed by atoms with Crippen molar-refractivity contribution in [3.05, 3.63) is 47.7 Å². The zero-order chi connectivity index (χ0) is 10.8. The largest absolute Gasteiger partial charge is 0.493 e. The van der Waals surface area contributed by atoms with Gasteiger partial charge in [0.1, 0.15) is 0 Å². The number of benzene rings is 1. The van der Waals surface area contributed by atoms with E-state index in [1.54, 1.807) is 0 Å². The van der Waals surface area contributed by atoms with E-state index in [9.17, 15) is 9.90 Å². The van der Waals surface area contributed by atoms with Crippen LogP contribution in [-0.4, -0.2) is 24.1 Å². The van der Waals surface area contributed by atoms with Gasteiger partial charge in [-0.05, 0) is 11.6 Å². The predicted octanol–water partition coefficient (Wildman–Crippen LogP) is 1.24. The lowest BCUT2D eigenvalue weighted by atomic mass is 9.94. The van der Waals surface area contributed by atoms with E-state index >= 15 is 0 Å². The molecular weight excluding hydrogens is 192 g/mol. The summed E-state index contributed by atoms with van der Waals surface area (Å²) < 4.78 is 4.90. The van der Waals surface area contributed by atoms with Gasteiger partial charge in [-0.3, -0.25) is 4.79 Å². The van der Waals surface area contributed by atoms with Crippen LogP contribution in [0, 0.1) is 0 Å². The molecule has 1 aromatic rings. The fourth-order valence-corrected chi connectivity index (χ4v) is 1.82. The molecule has 0 bridgehead atoms. The standard InChI is InChI=1S/C12H12O3/c1-15-10-7-9(13)11(12(10)14)8-5-3-2-4-6-8/h2-7,9,11,13H,1H3/t9-,11+/m0/s1. The summed E-state index contributed by atoms with van der Waals surface area (Å²) in [7, 11) is 1.43. The van der Waals surface area contributed by atoms with Crippen LogP contribution in [0.25, 0.3) is 0 Å². The van der Waals surface area contributed by atoms with Crippen molar-refractivity contribution in [2.75, 3.05) is 7.11 Å². The number of hydrogen-bond donors (Lipinski definition) is 1. The van der Waals surface area contributed by atoms with Crippen molar-refractivity contribution in [1.82, 2.24) is 0 Å². The number of carbonyl (C=O) groups is 1. The van der Waals surface area contributed by atoms with Gasteiger partial charge < -0.3 is 9.84 Å². The van der Waals surface area contributed by atoms with Crippen molar-refractivity contribution < 1.29 is 14.6 Å². The molecule has 1 aliphatic rings. The molecule has 0 saturated heterocycles. The van der Waals surface area contributed by atoms with Gasteiger partial charge in [-0.25, -0.2) is 0 Å². The van der Waals surface area contributed by atoms with Crippen LogP contribution in [0.5, 0.6) is 0 Å². The van der Waals surface area contributed by atoms with Crippen molar-refractivity contribution in [3.63, 3.8) is 0 Å². The minimum absolute atomic E-state index is 0.156. The molecule has 2 rings (SSSR count). The highest BCUT2D eigenvalue weighted by Gasteiger charge is 2.36. The van der Waals surface area contributed by atoms with Crippen LogP contribution in [0.15, 0.2) is 42.2 Å². The van der Waals surface area contributed by atoms with E-state index < -0.39 is 12.0 Å². The van der Waals surface area contributed by atoms with E-state index in [1.165, 1.54) is 13.2 Å². The molecule has 0 spiro atoms. The number of aliphatic hydroxyl groups is 1. The second-order valence-corrected chi connectivity index (χ2v) is 3.48. The van der Waals surface area contributed by atoms with Crippen LogP contribution in [0.2, 0.25) is 0 Å². The van der Waals surface area contributed by atoms with Gasteiger partial charge in [-0.15, -0.1) is 0 Å². The van der Waals surface area contributed by atoms with Crippen molar-refractivity contribution in [2.24, 2.45) is 0 Å². The summed E-state index contributed by atoms with van der Waals surface area (Å²) in [5.41, 5.74) is 0.818. The molecular formula is C12H12O3. The molecule has 0 heterocycles. The highest BCUT2D eigenvalue weighted by molar-refractivity contribution is 6.02. The summed E-state index contributed by atoms with van der Waals surface area (Å²) in [6.07, 6.45) is 0.676. The van der Waals surface area contributed by atoms with Crippen molar-refractivity contribution in [1.29, 1.82) is 0 Å². The third-order valence-corrected chi connectivity index (χ3v) is 2.57. The van der Waals surface area contributed by atoms with Crippen molar-refractivity contribution in [2.45, 2.75) is 12.0 Å². The zero-order valence-corrected chi connectivity index (χ0v) is 8.38. The number of Topliss-reactive ketones (excluding diaryl/α,β-unsaturated/α-hetero) is 1. The molecule has 15 heavy (non-hydrogen) atoms. The molecule has 0 unspecified atom stereocenters. The van der Waals surface area contributed by atoms with Gasteiger partial charge in [-0.2, -0.15) is 0 Å². The fraction of sp³-hybridized carbons (Fsp3) is 0.250. The third kappa shape index (κ3) is 1.66. The first-order valence-corrected chi connectivity index (χ1v) is 4.77. The maximum atomic E-state index is 11.8. The van der Waals surface area contributed by atoms with Gasteiger partial charge in [0.25, 0.3) is 0 Å². The second-order valence-electron chi connectivity index (χ2n) is 3.48. The number of ketones is 1. The Morgan fingerprint density at radius 2 is 1.93 bits per heavy atom. The monoisotopic (exact) mass is 204 g/mol. The summed E-state index contributed by atoms with van der Waals surface area (Å²) in [4.78, 5) is 11.8. The number of allylic oxidation sites excluding steroid dienone is 1. The number of rotatable bonds is 2. The van der Waals surface area contributed by atoms with Gasteiger partial charge in [0, 0.05) is 0 Å². The number of hydrogen-bond acceptors (Lipinski definition) is 3. The van der Waals surface area contributed by atoms with E-state index in [2.05, 4.69) is 0 Å². The van der Waals surface area contributed by atoms with E-state index in [0.29, 0.717) is 0 Å². The maximum Gasteiger partial charge on any atom is 0.207 e. The quantitative estimate of drug-likeness (QED) is 0.788. The Morgan fingerprint density at radius 3 is 2.47 bits per heavy atom. The number of aliphatic hydroxyl groups excluding tert-OH is 1. The van der Waals surface area contributed by atoms with E-state index in [4.69, 9.17) is 4.74 Å². The normalized spacial score (nSPS) is 25.2. The lowest BCUT2D eigenvalue weighted by Gasteiger charge is -2.12. The summed E-state index contributed by atoms with van der Waals surface area (Å²) >= 11 is 0. The van der Waals surface area contributed by atoms with Crippen LogP contribution in [0.4, 0.5) is 0 Å². The maximum absolute atomic E-state index is 11.8. The van der Waals surface area contributed by atoms with Crippen LogP contribution in [-0.2, 0) is 9.53 Å². The molecule has 0 saturated carbocycles. The average Bonchev–Trinajstić information content (AvgIpc) is 2.55. The van der Waals surface area contributed by atoms with Gasteiger partial charge in [0.2, 0.25) is 5.78 Å². The summed E-state index contributed by atoms with van der Waals surface area (Å²) in [5.74, 6) is -0.422. The molecule has 2 atom stereocenters. The summed E-state index contributed by atoms with van der Waals surface area (Å²) in [6, 6.07) is 9.23. The summed E-state index contributed by atoms with van der Waals surface area (Å²) in [6.45, 7) is 0. The second kappa shape index (κ2) is 3.87. The molecule has 1 aromatic carbocycles. The van der Waals surface area contributed by atoms with Gasteiger partial charge >= 0.3 is 0 Å². The molecule has 1 N–H and O–H groups in total. The Morgan fingerprint density at radius 1 is 1.27 bits per heavy atom. The Kier molecular flexibility index (Phi) is 2.56. The van der Waals surface area contributed by atoms with E-state index in [1.807, 2.05) is 30.3 Å². The molecule has 0 radical (unpaired) electrons. The zero-order valence-electron chi connectivity index (χ0n) is 8.38. The number of ether oxygens (including phenoxy) is 1. The predicted molar refractivity (Wildman–Crippen MR) is 55.3 cm³/mol. The van der Waals surface area contributed by atoms with Crippen molar-refractivity contribution in [3.8, 4) is 0 Å². The van der Waals surface area contributed by atoms with Gasteiger partial charge in [-0.1, -0.05) is 30.3 Å². The highest BCUT2D eigenvalue weighted by atomic mass is 16.5. The third-order valence-electron chi connectivity index (χ3n) is 2.57. The Bertz CT molecular complexity index is 395. The highest BCUT2D eigenvalue weighted by Crippen LogP contribution is 2.31. The van der Waals surface area contributed by atoms with Crippen LogP contribution in [0.1, 0.15) is 11.5 Å². The molecule has 0 aliphatic heterocycles. The first-order valence-electron chi connectivity index (χ1n) is 4.77. The minimum atomic E-state index is -0.783. The Hall–Kier alpha value is -1.61. The molecule has 0 amide bonds. The smallest absolute Gasteiger partial charge is 0.207 e. The Balaban J connectivity index is 2.31. The van der Waals surface area contributed by atoms with Gasteiger partial charge in [0.15, 0.2) is 5.76 Å². The molecule has 0 fully saturated rings. The van der Waals surface area contributed by atoms with Gasteiger partial charge in [0.05, 0.1) is 19.1 Å². The molecule has 3 nitrogen and oxygen atoms in total. The lowest BCUT2D eigenvalue weighted by molar-refractivity contribution is -0.120. The van der Waals surface area contributed by atoms with E-state index in [-0.39, 0.29) is 11.5 Å². The molecule has 1 aliphatic carbocycles. The number of carbonyl (C=O) groups excluding carboxylic acids is 1. The first kappa shape index (κ1) is 9.93. The van der Waals surface area contributed by atoms with Crippen molar-refractivity contribution >= 4 is 5.78 Å². The molecule has 3 heteroatoms. The topological polar surface area (TPSA) is 46.5 Å². The lowest BCUT2D eigenvalue weighted by Crippen LogP contribution is -2.18. The SMILES string of the molecule is COC1=C[C@H](O)[C@@H](c2ccccc2)C1=O. The van der Waals surface area contributed by atoms with E-state index in [0.717, 1.165) is 5.56 Å². The number of methoxy groups -OCH3 is 1.